The van der Waals surface area contributed by atoms with Crippen molar-refractivity contribution in [3.05, 3.63) is 35.4 Å². The molecule has 5 nitrogen and oxygen atoms in total. The first-order chi connectivity index (χ1) is 6.75. The quantitative estimate of drug-likeness (QED) is 0.751. The van der Waals surface area contributed by atoms with Crippen molar-refractivity contribution in [2.45, 2.75) is 13.5 Å². The lowest BCUT2D eigenvalue weighted by Gasteiger charge is -2.02. The second kappa shape index (κ2) is 3.45. The van der Waals surface area contributed by atoms with Gasteiger partial charge < -0.3 is 5.73 Å². The Balaban J connectivity index is 2.23. The van der Waals surface area contributed by atoms with Crippen LogP contribution in [0.5, 0.6) is 0 Å². The number of hydrogen-bond donors (Lipinski definition) is 1. The molecule has 1 aromatic carbocycles. The Bertz CT molecular complexity index is 434. The van der Waals surface area contributed by atoms with Gasteiger partial charge in [0.25, 0.3) is 0 Å². The summed E-state index contributed by atoms with van der Waals surface area (Å²) in [7, 11) is 0. The lowest BCUT2D eigenvalue weighted by Crippen LogP contribution is -2.06. The zero-order chi connectivity index (χ0) is 9.97. The van der Waals surface area contributed by atoms with Gasteiger partial charge in [0.1, 0.15) is 0 Å². The molecule has 0 aliphatic carbocycles. The molecular formula is C9H11N5. The molecule has 2 N–H and O–H groups in total. The summed E-state index contributed by atoms with van der Waals surface area (Å²) in [6.45, 7) is 2.66. The Labute approximate surface area is 81.5 Å². The van der Waals surface area contributed by atoms with Crippen molar-refractivity contribution in [2.24, 2.45) is 0 Å². The molecule has 5 heteroatoms. The van der Waals surface area contributed by atoms with Crippen LogP contribution in [0.1, 0.15) is 11.1 Å². The van der Waals surface area contributed by atoms with Gasteiger partial charge in [-0.2, -0.15) is 0 Å². The minimum Gasteiger partial charge on any atom is -0.367 e. The molecule has 0 bridgehead atoms. The number of nitrogen functional groups attached to an aromatic ring is 1. The fourth-order valence-electron chi connectivity index (χ4n) is 1.31. The number of nitrogens with zero attached hydrogens (tertiary/aromatic N) is 4. The number of tetrazole rings is 1. The maximum absolute atomic E-state index is 5.55. The third kappa shape index (κ3) is 1.71. The van der Waals surface area contributed by atoms with Crippen LogP contribution in [0.4, 0.5) is 5.95 Å². The van der Waals surface area contributed by atoms with Crippen LogP contribution in [-0.4, -0.2) is 20.2 Å². The van der Waals surface area contributed by atoms with E-state index in [1.165, 1.54) is 5.56 Å². The van der Waals surface area contributed by atoms with Gasteiger partial charge in [-0.3, -0.25) is 0 Å². The molecule has 0 saturated carbocycles. The summed E-state index contributed by atoms with van der Waals surface area (Å²) in [5, 5.41) is 10.9. The van der Waals surface area contributed by atoms with Crippen molar-refractivity contribution >= 4 is 5.95 Å². The summed E-state index contributed by atoms with van der Waals surface area (Å²) < 4.78 is 1.56. The van der Waals surface area contributed by atoms with Gasteiger partial charge in [0.05, 0.1) is 6.54 Å². The van der Waals surface area contributed by atoms with Crippen LogP contribution in [0.25, 0.3) is 0 Å². The van der Waals surface area contributed by atoms with E-state index in [1.807, 2.05) is 25.1 Å². The third-order valence-corrected chi connectivity index (χ3v) is 1.97. The van der Waals surface area contributed by atoms with Crippen molar-refractivity contribution < 1.29 is 0 Å². The van der Waals surface area contributed by atoms with E-state index < -0.39 is 0 Å². The van der Waals surface area contributed by atoms with Crippen LogP contribution in [0.2, 0.25) is 0 Å². The number of nitrogens with two attached hydrogens (primary N) is 1. The van der Waals surface area contributed by atoms with Crippen LogP contribution in [0, 0.1) is 6.92 Å². The number of rotatable bonds is 2. The van der Waals surface area contributed by atoms with E-state index >= 15 is 0 Å². The average molecular weight is 189 g/mol. The largest absolute Gasteiger partial charge is 0.367 e. The highest BCUT2D eigenvalue weighted by Gasteiger charge is 2.01. The highest BCUT2D eigenvalue weighted by atomic mass is 15.6. The summed E-state index contributed by atoms with van der Waals surface area (Å²) in [5.41, 5.74) is 7.91. The molecule has 0 radical (unpaired) electrons. The SMILES string of the molecule is Cc1cccc(Cn2nnnc2N)c1. The maximum atomic E-state index is 5.55. The van der Waals surface area contributed by atoms with E-state index in [0.29, 0.717) is 12.5 Å². The standard InChI is InChI=1S/C9H11N5/c1-7-3-2-4-8(5-7)6-14-9(10)11-12-13-14/h2-5H,6H2,1H3,(H2,10,11,13). The van der Waals surface area contributed by atoms with E-state index in [9.17, 15) is 0 Å². The minimum absolute atomic E-state index is 0.339. The lowest BCUT2D eigenvalue weighted by atomic mass is 10.1. The van der Waals surface area contributed by atoms with Gasteiger partial charge in [0.15, 0.2) is 0 Å². The number of aromatic nitrogens is 4. The van der Waals surface area contributed by atoms with E-state index in [4.69, 9.17) is 5.73 Å². The van der Waals surface area contributed by atoms with Gasteiger partial charge >= 0.3 is 0 Å². The molecule has 2 aromatic rings. The Hall–Kier alpha value is -1.91. The van der Waals surface area contributed by atoms with Crippen LogP contribution < -0.4 is 5.73 Å². The molecule has 0 fully saturated rings. The van der Waals surface area contributed by atoms with Crippen LogP contribution in [0.15, 0.2) is 24.3 Å². The second-order valence-corrected chi connectivity index (χ2v) is 3.18. The molecule has 1 heterocycles. The average Bonchev–Trinajstić information content (AvgIpc) is 2.52. The van der Waals surface area contributed by atoms with Crippen LogP contribution >= 0.6 is 0 Å². The van der Waals surface area contributed by atoms with E-state index in [0.717, 1.165) is 5.56 Å². The first-order valence-electron chi connectivity index (χ1n) is 4.33. The highest BCUT2D eigenvalue weighted by Crippen LogP contribution is 2.06. The molecule has 0 aliphatic rings. The van der Waals surface area contributed by atoms with Gasteiger partial charge in [0.2, 0.25) is 5.95 Å². The van der Waals surface area contributed by atoms with Crippen molar-refractivity contribution in [1.29, 1.82) is 0 Å². The van der Waals surface area contributed by atoms with Gasteiger partial charge in [-0.1, -0.05) is 34.9 Å². The van der Waals surface area contributed by atoms with Crippen molar-refractivity contribution in [3.63, 3.8) is 0 Å². The highest BCUT2D eigenvalue weighted by molar-refractivity contribution is 5.23. The summed E-state index contributed by atoms with van der Waals surface area (Å²) in [5.74, 6) is 0.339. The summed E-state index contributed by atoms with van der Waals surface area (Å²) >= 11 is 0. The molecule has 0 aliphatic heterocycles. The first-order valence-corrected chi connectivity index (χ1v) is 4.33. The van der Waals surface area contributed by atoms with Crippen molar-refractivity contribution in [2.75, 3.05) is 5.73 Å². The van der Waals surface area contributed by atoms with Crippen molar-refractivity contribution in [1.82, 2.24) is 20.2 Å². The summed E-state index contributed by atoms with van der Waals surface area (Å²) in [6, 6.07) is 8.16. The Morgan fingerprint density at radius 2 is 2.29 bits per heavy atom. The zero-order valence-electron chi connectivity index (χ0n) is 7.88. The molecule has 0 saturated heterocycles. The van der Waals surface area contributed by atoms with E-state index in [2.05, 4.69) is 21.6 Å². The molecule has 14 heavy (non-hydrogen) atoms. The van der Waals surface area contributed by atoms with E-state index in [1.54, 1.807) is 4.68 Å². The molecule has 72 valence electrons. The topological polar surface area (TPSA) is 69.6 Å². The fraction of sp³-hybridized carbons (Fsp3) is 0.222. The van der Waals surface area contributed by atoms with E-state index in [-0.39, 0.29) is 0 Å². The summed E-state index contributed by atoms with van der Waals surface area (Å²) in [6.07, 6.45) is 0. The molecule has 0 atom stereocenters. The first kappa shape index (κ1) is 8.68. The summed E-state index contributed by atoms with van der Waals surface area (Å²) in [4.78, 5) is 0. The normalized spacial score (nSPS) is 10.4. The van der Waals surface area contributed by atoms with Gasteiger partial charge in [-0.15, -0.1) is 0 Å². The predicted octanol–water partition coefficient (Wildman–Crippen LogP) is 0.612. The zero-order valence-corrected chi connectivity index (χ0v) is 7.88. The van der Waals surface area contributed by atoms with Gasteiger partial charge in [-0.05, 0) is 22.9 Å². The second-order valence-electron chi connectivity index (χ2n) is 3.18. The Morgan fingerprint density at radius 3 is 2.93 bits per heavy atom. The number of aryl methyl sites for hydroxylation is 1. The Kier molecular flexibility index (Phi) is 2.14. The molecule has 0 amide bonds. The monoisotopic (exact) mass is 189 g/mol. The Morgan fingerprint density at radius 1 is 1.43 bits per heavy atom. The smallest absolute Gasteiger partial charge is 0.240 e. The molecule has 0 unspecified atom stereocenters. The minimum atomic E-state index is 0.339. The maximum Gasteiger partial charge on any atom is 0.240 e. The van der Waals surface area contributed by atoms with Gasteiger partial charge in [-0.25, -0.2) is 4.68 Å². The molecule has 0 spiro atoms. The lowest BCUT2D eigenvalue weighted by molar-refractivity contribution is 0.655. The van der Waals surface area contributed by atoms with Crippen LogP contribution in [-0.2, 0) is 6.54 Å². The number of benzene rings is 1. The molecule has 2 rings (SSSR count). The molecule has 1 aromatic heterocycles. The predicted molar refractivity (Wildman–Crippen MR) is 52.5 cm³/mol. The number of hydrogen-bond acceptors (Lipinski definition) is 4. The third-order valence-electron chi connectivity index (χ3n) is 1.97. The van der Waals surface area contributed by atoms with Crippen LogP contribution in [0.3, 0.4) is 0 Å². The van der Waals surface area contributed by atoms with Crippen molar-refractivity contribution in [3.8, 4) is 0 Å². The fourth-order valence-corrected chi connectivity index (χ4v) is 1.31. The van der Waals surface area contributed by atoms with Gasteiger partial charge in [0, 0.05) is 0 Å². The molecular weight excluding hydrogens is 178 g/mol. The number of anilines is 1.